The summed E-state index contributed by atoms with van der Waals surface area (Å²) in [5.74, 6) is 0. The first kappa shape index (κ1) is 12.0. The second-order valence-corrected chi connectivity index (χ2v) is 6.16. The maximum absolute atomic E-state index is 5.54. The van der Waals surface area contributed by atoms with E-state index in [1.165, 1.54) is 4.88 Å². The molecule has 16 heavy (non-hydrogen) atoms. The van der Waals surface area contributed by atoms with Crippen molar-refractivity contribution in [3.05, 3.63) is 31.9 Å². The molecule has 0 fully saturated rings. The van der Waals surface area contributed by atoms with Gasteiger partial charge in [0.25, 0.3) is 0 Å². The molecule has 2 aromatic heterocycles. The molecule has 0 amide bonds. The van der Waals surface area contributed by atoms with Crippen molar-refractivity contribution in [3.8, 4) is 0 Å². The highest BCUT2D eigenvalue weighted by Gasteiger charge is 2.08. The first-order valence-corrected chi connectivity index (χ1v) is 7.33. The van der Waals surface area contributed by atoms with Gasteiger partial charge in [0.2, 0.25) is 0 Å². The van der Waals surface area contributed by atoms with E-state index in [0.29, 0.717) is 6.54 Å². The van der Waals surface area contributed by atoms with Crippen LogP contribution in [0.15, 0.2) is 21.3 Å². The third-order valence-corrected chi connectivity index (χ3v) is 4.78. The fourth-order valence-corrected chi connectivity index (χ4v) is 3.61. The molecule has 0 unspecified atom stereocenters. The van der Waals surface area contributed by atoms with Crippen LogP contribution in [0.25, 0.3) is 0 Å². The zero-order valence-corrected chi connectivity index (χ0v) is 12.0. The van der Waals surface area contributed by atoms with E-state index < -0.39 is 0 Å². The van der Waals surface area contributed by atoms with Gasteiger partial charge in [-0.1, -0.05) is 0 Å². The zero-order valence-electron chi connectivity index (χ0n) is 8.81. The summed E-state index contributed by atoms with van der Waals surface area (Å²) in [7, 11) is 2.05. The molecule has 0 saturated heterocycles. The van der Waals surface area contributed by atoms with Crippen LogP contribution in [0.2, 0.25) is 0 Å². The van der Waals surface area contributed by atoms with Gasteiger partial charge in [-0.25, -0.2) is 4.98 Å². The Hall–Kier alpha value is -0.430. The van der Waals surface area contributed by atoms with E-state index in [-0.39, 0.29) is 0 Å². The molecule has 0 aliphatic heterocycles. The van der Waals surface area contributed by atoms with Gasteiger partial charge in [0, 0.05) is 33.7 Å². The van der Waals surface area contributed by atoms with Crippen molar-refractivity contribution in [1.82, 2.24) is 4.98 Å². The molecule has 0 spiro atoms. The monoisotopic (exact) mass is 317 g/mol. The molecule has 0 saturated carbocycles. The lowest BCUT2D eigenvalue weighted by Gasteiger charge is -2.13. The third-order valence-electron chi connectivity index (χ3n) is 2.09. The second-order valence-electron chi connectivity index (χ2n) is 3.41. The minimum Gasteiger partial charge on any atom is -0.346 e. The van der Waals surface area contributed by atoms with Gasteiger partial charge in [0.15, 0.2) is 5.13 Å². The Morgan fingerprint density at radius 2 is 2.25 bits per heavy atom. The third kappa shape index (κ3) is 2.82. The molecule has 0 radical (unpaired) electrons. The summed E-state index contributed by atoms with van der Waals surface area (Å²) >= 11 is 6.84. The van der Waals surface area contributed by atoms with Crippen LogP contribution < -0.4 is 10.6 Å². The van der Waals surface area contributed by atoms with Crippen LogP contribution in [0.5, 0.6) is 0 Å². The topological polar surface area (TPSA) is 42.2 Å². The van der Waals surface area contributed by atoms with Crippen molar-refractivity contribution in [3.63, 3.8) is 0 Å². The highest BCUT2D eigenvalue weighted by atomic mass is 79.9. The van der Waals surface area contributed by atoms with Gasteiger partial charge in [-0.15, -0.1) is 22.7 Å². The Balaban J connectivity index is 2.05. The SMILES string of the molecule is CN(Cc1cc(Br)cs1)c1nc(CN)cs1. The summed E-state index contributed by atoms with van der Waals surface area (Å²) in [5, 5.41) is 5.12. The number of rotatable bonds is 4. The molecule has 0 bridgehead atoms. The first-order valence-electron chi connectivity index (χ1n) is 4.77. The molecule has 0 aromatic carbocycles. The summed E-state index contributed by atoms with van der Waals surface area (Å²) in [6, 6.07) is 2.14. The van der Waals surface area contributed by atoms with Crippen LogP contribution in [-0.4, -0.2) is 12.0 Å². The number of halogens is 1. The van der Waals surface area contributed by atoms with E-state index >= 15 is 0 Å². The Labute approximate surface area is 111 Å². The van der Waals surface area contributed by atoms with Gasteiger partial charge in [-0.2, -0.15) is 0 Å². The fourth-order valence-electron chi connectivity index (χ4n) is 1.30. The predicted molar refractivity (Wildman–Crippen MR) is 74.1 cm³/mol. The van der Waals surface area contributed by atoms with Crippen LogP contribution in [0.4, 0.5) is 5.13 Å². The largest absolute Gasteiger partial charge is 0.346 e. The maximum atomic E-state index is 5.54. The van der Waals surface area contributed by atoms with Crippen LogP contribution in [-0.2, 0) is 13.1 Å². The number of aromatic nitrogens is 1. The average molecular weight is 318 g/mol. The van der Waals surface area contributed by atoms with Crippen LogP contribution >= 0.6 is 38.6 Å². The van der Waals surface area contributed by atoms with E-state index in [9.17, 15) is 0 Å². The molecule has 2 heterocycles. The van der Waals surface area contributed by atoms with Gasteiger partial charge in [-0.3, -0.25) is 0 Å². The molecular formula is C10H12BrN3S2. The molecule has 0 atom stereocenters. The van der Waals surface area contributed by atoms with Crippen molar-refractivity contribution in [2.45, 2.75) is 13.1 Å². The number of hydrogen-bond acceptors (Lipinski definition) is 5. The van der Waals surface area contributed by atoms with Crippen LogP contribution in [0.1, 0.15) is 10.6 Å². The van der Waals surface area contributed by atoms with Crippen molar-refractivity contribution in [1.29, 1.82) is 0 Å². The Morgan fingerprint density at radius 1 is 1.44 bits per heavy atom. The molecule has 3 nitrogen and oxygen atoms in total. The number of anilines is 1. The van der Waals surface area contributed by atoms with E-state index in [0.717, 1.165) is 21.8 Å². The second kappa shape index (κ2) is 5.27. The maximum Gasteiger partial charge on any atom is 0.185 e. The Bertz CT molecular complexity index is 466. The molecule has 0 aliphatic carbocycles. The highest BCUT2D eigenvalue weighted by Crippen LogP contribution is 2.25. The molecular weight excluding hydrogens is 306 g/mol. The number of thiazole rings is 1. The fraction of sp³-hybridized carbons (Fsp3) is 0.300. The van der Waals surface area contributed by atoms with Crippen molar-refractivity contribution < 1.29 is 0 Å². The van der Waals surface area contributed by atoms with Gasteiger partial charge in [0.05, 0.1) is 12.2 Å². The standard InChI is InChI=1S/C10H12BrN3S2/c1-14(4-9-2-7(11)5-15-9)10-13-8(3-12)6-16-10/h2,5-6H,3-4,12H2,1H3. The van der Waals surface area contributed by atoms with Crippen LogP contribution in [0, 0.1) is 0 Å². The normalized spacial score (nSPS) is 10.7. The summed E-state index contributed by atoms with van der Waals surface area (Å²) in [6.07, 6.45) is 0. The summed E-state index contributed by atoms with van der Waals surface area (Å²) in [5.41, 5.74) is 6.50. The van der Waals surface area contributed by atoms with Crippen molar-refractivity contribution in [2.75, 3.05) is 11.9 Å². The number of thiophene rings is 1. The molecule has 6 heteroatoms. The lowest BCUT2D eigenvalue weighted by Crippen LogP contribution is -2.15. The Kier molecular flexibility index (Phi) is 3.96. The lowest BCUT2D eigenvalue weighted by molar-refractivity contribution is 0.913. The highest BCUT2D eigenvalue weighted by molar-refractivity contribution is 9.10. The smallest absolute Gasteiger partial charge is 0.185 e. The van der Waals surface area contributed by atoms with Gasteiger partial charge >= 0.3 is 0 Å². The lowest BCUT2D eigenvalue weighted by atomic mass is 10.4. The van der Waals surface area contributed by atoms with E-state index in [1.54, 1.807) is 22.7 Å². The molecule has 2 aromatic rings. The zero-order chi connectivity index (χ0) is 11.5. The van der Waals surface area contributed by atoms with E-state index in [2.05, 4.69) is 37.3 Å². The molecule has 2 N–H and O–H groups in total. The average Bonchev–Trinajstić information content (AvgIpc) is 2.87. The summed E-state index contributed by atoms with van der Waals surface area (Å²) in [4.78, 5) is 7.90. The summed E-state index contributed by atoms with van der Waals surface area (Å²) < 4.78 is 1.14. The van der Waals surface area contributed by atoms with Crippen molar-refractivity contribution >= 4 is 43.7 Å². The minimum absolute atomic E-state index is 0.509. The van der Waals surface area contributed by atoms with Crippen molar-refractivity contribution in [2.24, 2.45) is 5.73 Å². The van der Waals surface area contributed by atoms with E-state index in [4.69, 9.17) is 5.73 Å². The van der Waals surface area contributed by atoms with Gasteiger partial charge < -0.3 is 10.6 Å². The quantitative estimate of drug-likeness (QED) is 0.942. The molecule has 2 rings (SSSR count). The number of hydrogen-bond donors (Lipinski definition) is 1. The number of nitrogens with zero attached hydrogens (tertiary/aromatic N) is 2. The number of nitrogens with two attached hydrogens (primary N) is 1. The molecule has 86 valence electrons. The summed E-state index contributed by atoms with van der Waals surface area (Å²) in [6.45, 7) is 1.39. The predicted octanol–water partition coefficient (Wildman–Crippen LogP) is 3.06. The minimum atomic E-state index is 0.509. The Morgan fingerprint density at radius 3 is 2.81 bits per heavy atom. The van der Waals surface area contributed by atoms with Gasteiger partial charge in [0.1, 0.15) is 0 Å². The molecule has 0 aliphatic rings. The van der Waals surface area contributed by atoms with Crippen LogP contribution in [0.3, 0.4) is 0 Å². The van der Waals surface area contributed by atoms with Gasteiger partial charge in [-0.05, 0) is 22.0 Å². The first-order chi connectivity index (χ1) is 7.69. The van der Waals surface area contributed by atoms with E-state index in [1.807, 2.05) is 12.4 Å².